The van der Waals surface area contributed by atoms with Crippen LogP contribution in [0, 0.1) is 0 Å². The average Bonchev–Trinajstić information content (AvgIpc) is 2.34. The second-order valence-electron chi connectivity index (χ2n) is 4.32. The van der Waals surface area contributed by atoms with Gasteiger partial charge in [0, 0.05) is 0 Å². The highest BCUT2D eigenvalue weighted by atomic mass is 14.2. The first-order valence-corrected chi connectivity index (χ1v) is 5.81. The smallest absolute Gasteiger partial charge is 0.0222 e. The molecule has 0 nitrogen and oxygen atoms in total. The zero-order valence-electron chi connectivity index (χ0n) is 10.1. The Hall–Kier alpha value is -1.56. The highest BCUT2D eigenvalue weighted by Crippen LogP contribution is 2.35. The van der Waals surface area contributed by atoms with Crippen LogP contribution >= 0.6 is 0 Å². The van der Waals surface area contributed by atoms with Gasteiger partial charge in [-0.2, -0.15) is 0 Å². The number of rotatable bonds is 2. The maximum absolute atomic E-state index is 3.89. The van der Waals surface area contributed by atoms with E-state index in [1.165, 1.54) is 27.9 Å². The fraction of sp³-hybridized carbons (Fsp3) is 0.250. The van der Waals surface area contributed by atoms with Gasteiger partial charge in [0.15, 0.2) is 0 Å². The van der Waals surface area contributed by atoms with E-state index in [1.807, 2.05) is 6.08 Å². The van der Waals surface area contributed by atoms with Crippen molar-refractivity contribution in [2.24, 2.45) is 0 Å². The summed E-state index contributed by atoms with van der Waals surface area (Å²) < 4.78 is 0. The van der Waals surface area contributed by atoms with E-state index >= 15 is 0 Å². The predicted molar refractivity (Wildman–Crippen MR) is 71.2 cm³/mol. The summed E-state index contributed by atoms with van der Waals surface area (Å²) in [5.74, 6) is 0. The van der Waals surface area contributed by atoms with Crippen LogP contribution in [0.2, 0.25) is 0 Å². The van der Waals surface area contributed by atoms with Gasteiger partial charge in [0.1, 0.15) is 0 Å². The van der Waals surface area contributed by atoms with E-state index in [1.54, 1.807) is 0 Å². The summed E-state index contributed by atoms with van der Waals surface area (Å²) in [6.07, 6.45) is 4.26. The van der Waals surface area contributed by atoms with Crippen molar-refractivity contribution < 1.29 is 0 Å². The molecule has 0 unspecified atom stereocenters. The highest BCUT2D eigenvalue weighted by Gasteiger charge is 2.14. The van der Waals surface area contributed by atoms with Crippen LogP contribution in [0.25, 0.3) is 5.57 Å². The summed E-state index contributed by atoms with van der Waals surface area (Å²) in [6, 6.07) is 10.7. The van der Waals surface area contributed by atoms with Gasteiger partial charge in [-0.15, -0.1) is 0 Å². The lowest BCUT2D eigenvalue weighted by Crippen LogP contribution is -2.00. The van der Waals surface area contributed by atoms with Gasteiger partial charge < -0.3 is 0 Å². The van der Waals surface area contributed by atoms with E-state index in [0.717, 1.165) is 12.8 Å². The molecule has 0 spiro atoms. The molecule has 0 aromatic heterocycles. The first-order valence-electron chi connectivity index (χ1n) is 5.81. The van der Waals surface area contributed by atoms with Crippen molar-refractivity contribution in [1.82, 2.24) is 0 Å². The molecule has 1 aliphatic carbocycles. The normalized spacial score (nSPS) is 16.6. The van der Waals surface area contributed by atoms with Gasteiger partial charge in [0.2, 0.25) is 0 Å². The van der Waals surface area contributed by atoms with Crippen LogP contribution in [0.3, 0.4) is 0 Å². The van der Waals surface area contributed by atoms with E-state index in [0.29, 0.717) is 0 Å². The van der Waals surface area contributed by atoms with Crippen LogP contribution < -0.4 is 0 Å². The molecule has 0 fully saturated rings. The third kappa shape index (κ3) is 1.88. The van der Waals surface area contributed by atoms with Gasteiger partial charge >= 0.3 is 0 Å². The maximum atomic E-state index is 3.89. The molecule has 0 atom stereocenters. The van der Waals surface area contributed by atoms with Gasteiger partial charge in [-0.25, -0.2) is 0 Å². The Morgan fingerprint density at radius 3 is 2.31 bits per heavy atom. The maximum Gasteiger partial charge on any atom is -0.0222 e. The Morgan fingerprint density at radius 1 is 1.00 bits per heavy atom. The van der Waals surface area contributed by atoms with Crippen molar-refractivity contribution in [2.75, 3.05) is 0 Å². The van der Waals surface area contributed by atoms with E-state index in [2.05, 4.69) is 50.8 Å². The monoisotopic (exact) mass is 210 g/mol. The molecular weight excluding hydrogens is 192 g/mol. The summed E-state index contributed by atoms with van der Waals surface area (Å²) in [7, 11) is 0. The molecular formula is C16H18. The molecule has 0 amide bonds. The van der Waals surface area contributed by atoms with Crippen LogP contribution in [-0.4, -0.2) is 0 Å². The lowest BCUT2D eigenvalue weighted by atomic mass is 9.84. The number of hydrogen-bond acceptors (Lipinski definition) is 0. The van der Waals surface area contributed by atoms with Gasteiger partial charge in [-0.05, 0) is 54.5 Å². The number of hydrogen-bond donors (Lipinski definition) is 0. The molecule has 82 valence electrons. The number of benzene rings is 1. The van der Waals surface area contributed by atoms with Crippen LogP contribution in [-0.2, 0) is 0 Å². The summed E-state index contributed by atoms with van der Waals surface area (Å²) in [5.41, 5.74) is 7.08. The SMILES string of the molecule is C=CC1=C(C)C(C)=C(c2ccccc2)CC1. The molecule has 2 rings (SSSR count). The van der Waals surface area contributed by atoms with Crippen LogP contribution in [0.4, 0.5) is 0 Å². The quantitative estimate of drug-likeness (QED) is 0.660. The van der Waals surface area contributed by atoms with Crippen molar-refractivity contribution in [3.05, 3.63) is 65.3 Å². The Kier molecular flexibility index (Phi) is 3.09. The Bertz CT molecular complexity index is 458. The molecule has 0 heterocycles. The lowest BCUT2D eigenvalue weighted by Gasteiger charge is -2.21. The highest BCUT2D eigenvalue weighted by molar-refractivity contribution is 5.74. The van der Waals surface area contributed by atoms with Gasteiger partial charge in [-0.1, -0.05) is 43.0 Å². The van der Waals surface area contributed by atoms with Crippen LogP contribution in [0.15, 0.2) is 59.7 Å². The molecule has 0 radical (unpaired) electrons. The first-order chi connectivity index (χ1) is 7.74. The largest absolute Gasteiger partial charge is 0.0988 e. The predicted octanol–water partition coefficient (Wildman–Crippen LogP) is 4.76. The third-order valence-corrected chi connectivity index (χ3v) is 3.51. The topological polar surface area (TPSA) is 0 Å². The summed E-state index contributed by atoms with van der Waals surface area (Å²) >= 11 is 0. The molecule has 0 saturated heterocycles. The van der Waals surface area contributed by atoms with Crippen molar-refractivity contribution in [3.8, 4) is 0 Å². The Labute approximate surface area is 98.0 Å². The average molecular weight is 210 g/mol. The van der Waals surface area contributed by atoms with E-state index in [9.17, 15) is 0 Å². The molecule has 1 aliphatic rings. The molecule has 0 aliphatic heterocycles. The van der Waals surface area contributed by atoms with Crippen molar-refractivity contribution in [3.63, 3.8) is 0 Å². The van der Waals surface area contributed by atoms with Crippen molar-refractivity contribution in [1.29, 1.82) is 0 Å². The van der Waals surface area contributed by atoms with Gasteiger partial charge in [0.05, 0.1) is 0 Å². The fourth-order valence-electron chi connectivity index (χ4n) is 2.36. The van der Waals surface area contributed by atoms with Gasteiger partial charge in [-0.3, -0.25) is 0 Å². The Balaban J connectivity index is 2.48. The Morgan fingerprint density at radius 2 is 1.69 bits per heavy atom. The summed E-state index contributed by atoms with van der Waals surface area (Å²) in [4.78, 5) is 0. The molecule has 1 aromatic carbocycles. The summed E-state index contributed by atoms with van der Waals surface area (Å²) in [5, 5.41) is 0. The van der Waals surface area contributed by atoms with E-state index < -0.39 is 0 Å². The molecule has 0 heteroatoms. The second-order valence-corrected chi connectivity index (χ2v) is 4.32. The minimum absolute atomic E-state index is 1.12. The molecule has 16 heavy (non-hydrogen) atoms. The molecule has 0 saturated carbocycles. The standard InChI is InChI=1S/C16H18/c1-4-14-10-11-16(13(3)12(14)2)15-8-6-5-7-9-15/h4-9H,1,10-11H2,2-3H3. The minimum Gasteiger partial charge on any atom is -0.0988 e. The fourth-order valence-corrected chi connectivity index (χ4v) is 2.36. The summed E-state index contributed by atoms with van der Waals surface area (Å²) in [6.45, 7) is 8.31. The van der Waals surface area contributed by atoms with Crippen LogP contribution in [0.5, 0.6) is 0 Å². The van der Waals surface area contributed by atoms with E-state index in [4.69, 9.17) is 0 Å². The molecule has 1 aromatic rings. The first kappa shape index (κ1) is 10.9. The molecule has 0 N–H and O–H groups in total. The lowest BCUT2D eigenvalue weighted by molar-refractivity contribution is 0.964. The van der Waals surface area contributed by atoms with Crippen LogP contribution in [0.1, 0.15) is 32.3 Å². The van der Waals surface area contributed by atoms with Crippen molar-refractivity contribution in [2.45, 2.75) is 26.7 Å². The minimum atomic E-state index is 1.12. The number of allylic oxidation sites excluding steroid dienone is 5. The zero-order valence-corrected chi connectivity index (χ0v) is 10.1. The second kappa shape index (κ2) is 4.52. The third-order valence-electron chi connectivity index (χ3n) is 3.51. The zero-order chi connectivity index (χ0) is 11.5. The van der Waals surface area contributed by atoms with Crippen molar-refractivity contribution >= 4 is 5.57 Å². The molecule has 0 bridgehead atoms. The van der Waals surface area contributed by atoms with Gasteiger partial charge in [0.25, 0.3) is 0 Å². The van der Waals surface area contributed by atoms with E-state index in [-0.39, 0.29) is 0 Å².